The first-order valence-corrected chi connectivity index (χ1v) is 6.79. The summed E-state index contributed by atoms with van der Waals surface area (Å²) in [5, 5.41) is 18.8. The number of carboxylic acids is 1. The number of likely N-dealkylation sites (tertiary alicyclic amines) is 1. The van der Waals surface area contributed by atoms with Gasteiger partial charge >= 0.3 is 5.97 Å². The van der Waals surface area contributed by atoms with Crippen LogP contribution in [0.2, 0.25) is 0 Å². The monoisotopic (exact) mass is 255 g/mol. The zero-order chi connectivity index (χ0) is 13.1. The highest BCUT2D eigenvalue weighted by Crippen LogP contribution is 2.32. The van der Waals surface area contributed by atoms with Crippen LogP contribution >= 0.6 is 0 Å². The van der Waals surface area contributed by atoms with E-state index in [1.807, 2.05) is 0 Å². The third-order valence-electron chi connectivity index (χ3n) is 4.11. The Morgan fingerprint density at radius 1 is 1.00 bits per heavy atom. The van der Waals surface area contributed by atoms with E-state index in [0.29, 0.717) is 25.9 Å². The Labute approximate surface area is 107 Å². The molecular formula is C13H21NO4. The molecule has 0 spiro atoms. The van der Waals surface area contributed by atoms with Gasteiger partial charge in [0.15, 0.2) is 0 Å². The summed E-state index contributed by atoms with van der Waals surface area (Å²) in [4.78, 5) is 25.2. The van der Waals surface area contributed by atoms with E-state index in [1.165, 1.54) is 0 Å². The molecule has 1 saturated heterocycles. The van der Waals surface area contributed by atoms with Crippen LogP contribution < -0.4 is 0 Å². The fourth-order valence-electron chi connectivity index (χ4n) is 3.11. The van der Waals surface area contributed by atoms with Gasteiger partial charge in [0.05, 0.1) is 17.9 Å². The van der Waals surface area contributed by atoms with Crippen LogP contribution in [0.5, 0.6) is 0 Å². The van der Waals surface area contributed by atoms with E-state index in [1.54, 1.807) is 4.90 Å². The van der Waals surface area contributed by atoms with Gasteiger partial charge in [0, 0.05) is 13.1 Å². The average Bonchev–Trinajstić information content (AvgIpc) is 2.38. The van der Waals surface area contributed by atoms with Crippen LogP contribution in [0.4, 0.5) is 0 Å². The van der Waals surface area contributed by atoms with Crippen LogP contribution in [-0.4, -0.2) is 46.2 Å². The number of aliphatic carboxylic acids is 1. The molecule has 2 aliphatic rings. The van der Waals surface area contributed by atoms with E-state index in [0.717, 1.165) is 25.7 Å². The van der Waals surface area contributed by atoms with Gasteiger partial charge in [-0.05, 0) is 25.7 Å². The van der Waals surface area contributed by atoms with Crippen molar-refractivity contribution in [1.82, 2.24) is 4.90 Å². The van der Waals surface area contributed by atoms with Crippen LogP contribution in [0, 0.1) is 11.8 Å². The molecule has 0 aromatic heterocycles. The predicted octanol–water partition coefficient (Wildman–Crippen LogP) is 0.861. The molecular weight excluding hydrogens is 234 g/mol. The maximum absolute atomic E-state index is 12.4. The van der Waals surface area contributed by atoms with Crippen molar-refractivity contribution in [3.63, 3.8) is 0 Å². The summed E-state index contributed by atoms with van der Waals surface area (Å²) in [7, 11) is 0. The van der Waals surface area contributed by atoms with Crippen molar-refractivity contribution in [2.24, 2.45) is 11.8 Å². The van der Waals surface area contributed by atoms with E-state index in [9.17, 15) is 19.8 Å². The van der Waals surface area contributed by atoms with Crippen molar-refractivity contribution < 1.29 is 19.8 Å². The van der Waals surface area contributed by atoms with Gasteiger partial charge in [0.1, 0.15) is 0 Å². The number of rotatable bonds is 2. The van der Waals surface area contributed by atoms with Crippen molar-refractivity contribution >= 4 is 11.9 Å². The summed E-state index contributed by atoms with van der Waals surface area (Å²) in [5.74, 6) is -1.85. The Hall–Kier alpha value is -1.10. The van der Waals surface area contributed by atoms with Crippen molar-refractivity contribution in [2.75, 3.05) is 13.1 Å². The molecule has 0 bridgehead atoms. The normalized spacial score (nSPS) is 33.2. The number of carbonyl (C=O) groups excluding carboxylic acids is 1. The number of amides is 1. The number of hydrogen-bond donors (Lipinski definition) is 2. The Morgan fingerprint density at radius 3 is 2.28 bits per heavy atom. The predicted molar refractivity (Wildman–Crippen MR) is 64.9 cm³/mol. The molecule has 102 valence electrons. The average molecular weight is 255 g/mol. The van der Waals surface area contributed by atoms with E-state index < -0.39 is 18.0 Å². The van der Waals surface area contributed by atoms with Crippen LogP contribution in [-0.2, 0) is 9.59 Å². The first kappa shape index (κ1) is 13.3. The molecule has 0 aromatic rings. The highest BCUT2D eigenvalue weighted by Gasteiger charge is 2.38. The second kappa shape index (κ2) is 5.69. The summed E-state index contributed by atoms with van der Waals surface area (Å²) < 4.78 is 0. The first-order valence-electron chi connectivity index (χ1n) is 6.79. The smallest absolute Gasteiger partial charge is 0.307 e. The van der Waals surface area contributed by atoms with Gasteiger partial charge in [-0.1, -0.05) is 12.8 Å². The van der Waals surface area contributed by atoms with Gasteiger partial charge in [-0.2, -0.15) is 0 Å². The van der Waals surface area contributed by atoms with Crippen molar-refractivity contribution in [2.45, 2.75) is 44.6 Å². The van der Waals surface area contributed by atoms with Gasteiger partial charge < -0.3 is 15.1 Å². The number of carbonyl (C=O) groups is 2. The van der Waals surface area contributed by atoms with Crippen LogP contribution in [0.25, 0.3) is 0 Å². The summed E-state index contributed by atoms with van der Waals surface area (Å²) in [5.41, 5.74) is 0. The highest BCUT2D eigenvalue weighted by molar-refractivity contribution is 5.85. The Balaban J connectivity index is 2.03. The van der Waals surface area contributed by atoms with Gasteiger partial charge in [0.2, 0.25) is 5.91 Å². The van der Waals surface area contributed by atoms with Crippen LogP contribution in [0.3, 0.4) is 0 Å². The molecule has 18 heavy (non-hydrogen) atoms. The lowest BCUT2D eigenvalue weighted by atomic mass is 9.78. The lowest BCUT2D eigenvalue weighted by Crippen LogP contribution is -2.48. The minimum atomic E-state index is -0.856. The topological polar surface area (TPSA) is 77.8 Å². The fourth-order valence-corrected chi connectivity index (χ4v) is 3.11. The lowest BCUT2D eigenvalue weighted by molar-refractivity contribution is -0.153. The van der Waals surface area contributed by atoms with Crippen molar-refractivity contribution in [3.8, 4) is 0 Å². The molecule has 1 aliphatic heterocycles. The third-order valence-corrected chi connectivity index (χ3v) is 4.11. The summed E-state index contributed by atoms with van der Waals surface area (Å²) >= 11 is 0. The number of carboxylic acid groups (broad SMARTS) is 1. The number of aliphatic hydroxyl groups excluding tert-OH is 1. The second-order valence-electron chi connectivity index (χ2n) is 5.42. The molecule has 1 heterocycles. The maximum atomic E-state index is 12.4. The largest absolute Gasteiger partial charge is 0.481 e. The standard InChI is InChI=1S/C13H21NO4/c15-9-4-3-7-14(8-9)12(16)10-5-1-2-6-11(10)13(17)18/h9-11,15H,1-8H2,(H,17,18). The number of aliphatic hydroxyl groups is 1. The molecule has 5 heteroatoms. The SMILES string of the molecule is O=C(O)C1CCCCC1C(=O)N1CCCC(O)C1. The second-order valence-corrected chi connectivity index (χ2v) is 5.42. The van der Waals surface area contributed by atoms with Crippen LogP contribution in [0.15, 0.2) is 0 Å². The van der Waals surface area contributed by atoms with E-state index in [4.69, 9.17) is 0 Å². The molecule has 5 nitrogen and oxygen atoms in total. The summed E-state index contributed by atoms with van der Waals surface area (Å²) in [6.07, 6.45) is 4.17. The molecule has 0 radical (unpaired) electrons. The summed E-state index contributed by atoms with van der Waals surface area (Å²) in [6.45, 7) is 1.01. The van der Waals surface area contributed by atoms with Crippen molar-refractivity contribution in [3.05, 3.63) is 0 Å². The fraction of sp³-hybridized carbons (Fsp3) is 0.846. The zero-order valence-electron chi connectivity index (χ0n) is 10.5. The van der Waals surface area contributed by atoms with E-state index >= 15 is 0 Å². The van der Waals surface area contributed by atoms with E-state index in [2.05, 4.69) is 0 Å². The lowest BCUT2D eigenvalue weighted by Gasteiger charge is -2.36. The molecule has 0 aromatic carbocycles. The molecule has 1 saturated carbocycles. The number of nitrogens with zero attached hydrogens (tertiary/aromatic N) is 1. The zero-order valence-corrected chi connectivity index (χ0v) is 10.5. The summed E-state index contributed by atoms with van der Waals surface area (Å²) in [6, 6.07) is 0. The van der Waals surface area contributed by atoms with Crippen LogP contribution in [0.1, 0.15) is 38.5 Å². The number of β-amino-alcohol motifs (C(OH)–C–C–N with tert-alkyl or cyclic N) is 1. The first-order chi connectivity index (χ1) is 8.59. The molecule has 3 atom stereocenters. The Morgan fingerprint density at radius 2 is 1.67 bits per heavy atom. The van der Waals surface area contributed by atoms with Gasteiger partial charge in [-0.15, -0.1) is 0 Å². The van der Waals surface area contributed by atoms with E-state index in [-0.39, 0.29) is 11.8 Å². The molecule has 2 rings (SSSR count). The Kier molecular flexibility index (Phi) is 4.22. The quantitative estimate of drug-likeness (QED) is 0.767. The number of hydrogen-bond acceptors (Lipinski definition) is 3. The minimum Gasteiger partial charge on any atom is -0.481 e. The van der Waals surface area contributed by atoms with Gasteiger partial charge in [-0.3, -0.25) is 9.59 Å². The number of piperidine rings is 1. The Bertz CT molecular complexity index is 331. The molecule has 1 aliphatic carbocycles. The van der Waals surface area contributed by atoms with Gasteiger partial charge in [-0.25, -0.2) is 0 Å². The third kappa shape index (κ3) is 2.83. The molecule has 2 fully saturated rings. The maximum Gasteiger partial charge on any atom is 0.307 e. The minimum absolute atomic E-state index is 0.0687. The molecule has 1 amide bonds. The molecule has 2 N–H and O–H groups in total. The van der Waals surface area contributed by atoms with Crippen molar-refractivity contribution in [1.29, 1.82) is 0 Å². The molecule has 3 unspecified atom stereocenters. The highest BCUT2D eigenvalue weighted by atomic mass is 16.4. The van der Waals surface area contributed by atoms with Gasteiger partial charge in [0.25, 0.3) is 0 Å².